The molecule has 1 amide bonds. The van der Waals surface area contributed by atoms with E-state index in [0.717, 1.165) is 32.1 Å². The summed E-state index contributed by atoms with van der Waals surface area (Å²) in [6.07, 6.45) is 53.9. The molecule has 0 aromatic rings. The average molecular weight is 688 g/mol. The highest BCUT2D eigenvalue weighted by Crippen LogP contribution is 2.15. The molecule has 0 aliphatic carbocycles. The molecule has 0 rings (SSSR count). The molecule has 2 unspecified atom stereocenters. The van der Waals surface area contributed by atoms with Crippen molar-refractivity contribution in [2.45, 2.75) is 238 Å². The summed E-state index contributed by atoms with van der Waals surface area (Å²) >= 11 is 0. The molecule has 0 fully saturated rings. The standard InChI is InChI=1S/C45H85NO3/c1-3-5-7-9-11-13-15-17-18-19-20-21-22-23-24-25-26-27-28-29-31-33-35-37-39-41-45(49)46-43(42-47)44(48)40-38-36-34-32-30-16-14-12-10-8-6-4-2/h15,17,19-20,38,40,43-44,47-48H,3-14,16,18,21-37,39,41-42H2,1-2H3,(H,46,49)/b17-15-,20-19-,40-38+. The molecule has 0 heterocycles. The Labute approximate surface area is 306 Å². The van der Waals surface area contributed by atoms with E-state index in [9.17, 15) is 15.0 Å². The van der Waals surface area contributed by atoms with E-state index in [1.54, 1.807) is 6.08 Å². The summed E-state index contributed by atoms with van der Waals surface area (Å²) in [7, 11) is 0. The summed E-state index contributed by atoms with van der Waals surface area (Å²) in [4.78, 5) is 12.4. The van der Waals surface area contributed by atoms with Crippen LogP contribution in [0, 0.1) is 0 Å². The average Bonchev–Trinajstić information content (AvgIpc) is 3.10. The summed E-state index contributed by atoms with van der Waals surface area (Å²) in [5.41, 5.74) is 0. The fourth-order valence-electron chi connectivity index (χ4n) is 6.50. The highest BCUT2D eigenvalue weighted by Gasteiger charge is 2.17. The predicted molar refractivity (Wildman–Crippen MR) is 216 cm³/mol. The van der Waals surface area contributed by atoms with Gasteiger partial charge in [-0.15, -0.1) is 0 Å². The van der Waals surface area contributed by atoms with Gasteiger partial charge in [0.15, 0.2) is 0 Å². The zero-order chi connectivity index (χ0) is 35.7. The Hall–Kier alpha value is -1.39. The van der Waals surface area contributed by atoms with Crippen molar-refractivity contribution in [3.05, 3.63) is 36.5 Å². The number of carbonyl (C=O) groups excluding carboxylic acids is 1. The predicted octanol–water partition coefficient (Wildman–Crippen LogP) is 13.4. The SMILES string of the molecule is CCCCCCC/C=C\C/C=C\CCCCCCCCCCCCCCCC(=O)NC(CO)C(O)/C=C/CCCCCCCCCCCC. The van der Waals surface area contributed by atoms with Crippen LogP contribution in [0.1, 0.15) is 226 Å². The van der Waals surface area contributed by atoms with Gasteiger partial charge in [0.25, 0.3) is 0 Å². The van der Waals surface area contributed by atoms with Crippen LogP contribution in [0.5, 0.6) is 0 Å². The van der Waals surface area contributed by atoms with Gasteiger partial charge in [0.2, 0.25) is 5.91 Å². The molecule has 0 bridgehead atoms. The Morgan fingerprint density at radius 3 is 1.22 bits per heavy atom. The van der Waals surface area contributed by atoms with E-state index in [-0.39, 0.29) is 12.5 Å². The lowest BCUT2D eigenvalue weighted by atomic mass is 10.0. The van der Waals surface area contributed by atoms with E-state index in [1.807, 2.05) is 6.08 Å². The van der Waals surface area contributed by atoms with Gasteiger partial charge in [0.1, 0.15) is 0 Å². The Kier molecular flexibility index (Phi) is 39.9. The second-order valence-corrected chi connectivity index (χ2v) is 14.8. The van der Waals surface area contributed by atoms with Crippen LogP contribution in [0.25, 0.3) is 0 Å². The Bertz CT molecular complexity index is 746. The van der Waals surface area contributed by atoms with Crippen molar-refractivity contribution in [3.63, 3.8) is 0 Å². The minimum atomic E-state index is -0.836. The molecule has 0 aliphatic heterocycles. The van der Waals surface area contributed by atoms with Crippen LogP contribution in [0.15, 0.2) is 36.5 Å². The van der Waals surface area contributed by atoms with Crippen molar-refractivity contribution in [3.8, 4) is 0 Å². The van der Waals surface area contributed by atoms with Gasteiger partial charge in [-0.05, 0) is 51.4 Å². The molecular formula is C45H85NO3. The van der Waals surface area contributed by atoms with Crippen LogP contribution >= 0.6 is 0 Å². The second-order valence-electron chi connectivity index (χ2n) is 14.8. The molecule has 288 valence electrons. The van der Waals surface area contributed by atoms with Crippen molar-refractivity contribution in [2.75, 3.05) is 6.61 Å². The fraction of sp³-hybridized carbons (Fsp3) is 0.844. The second kappa shape index (κ2) is 41.0. The number of carbonyl (C=O) groups is 1. The Morgan fingerprint density at radius 2 is 0.837 bits per heavy atom. The minimum absolute atomic E-state index is 0.0656. The number of amides is 1. The summed E-state index contributed by atoms with van der Waals surface area (Å²) in [5.74, 6) is -0.0656. The Morgan fingerprint density at radius 1 is 0.490 bits per heavy atom. The summed E-state index contributed by atoms with van der Waals surface area (Å²) in [5, 5.41) is 22.9. The summed E-state index contributed by atoms with van der Waals surface area (Å²) in [6, 6.07) is -0.620. The van der Waals surface area contributed by atoms with Crippen molar-refractivity contribution in [2.24, 2.45) is 0 Å². The zero-order valence-electron chi connectivity index (χ0n) is 33.0. The van der Waals surface area contributed by atoms with E-state index >= 15 is 0 Å². The van der Waals surface area contributed by atoms with Crippen molar-refractivity contribution in [1.29, 1.82) is 0 Å². The first-order chi connectivity index (χ1) is 24.2. The lowest BCUT2D eigenvalue weighted by Gasteiger charge is -2.20. The maximum absolute atomic E-state index is 12.4. The number of hydrogen-bond acceptors (Lipinski definition) is 3. The number of aliphatic hydroxyl groups excluding tert-OH is 2. The number of aliphatic hydroxyl groups is 2. The van der Waals surface area contributed by atoms with Crippen LogP contribution in [0.4, 0.5) is 0 Å². The first-order valence-corrected chi connectivity index (χ1v) is 21.7. The highest BCUT2D eigenvalue weighted by atomic mass is 16.3. The van der Waals surface area contributed by atoms with E-state index in [2.05, 4.69) is 43.5 Å². The lowest BCUT2D eigenvalue weighted by molar-refractivity contribution is -0.123. The van der Waals surface area contributed by atoms with E-state index in [4.69, 9.17) is 0 Å². The van der Waals surface area contributed by atoms with Crippen LogP contribution in [-0.4, -0.2) is 34.9 Å². The van der Waals surface area contributed by atoms with E-state index in [0.29, 0.717) is 6.42 Å². The van der Waals surface area contributed by atoms with Gasteiger partial charge in [-0.25, -0.2) is 0 Å². The van der Waals surface area contributed by atoms with Gasteiger partial charge in [-0.2, -0.15) is 0 Å². The van der Waals surface area contributed by atoms with Crippen LogP contribution in [-0.2, 0) is 4.79 Å². The maximum atomic E-state index is 12.4. The van der Waals surface area contributed by atoms with Crippen molar-refractivity contribution >= 4 is 5.91 Å². The van der Waals surface area contributed by atoms with E-state index < -0.39 is 12.1 Å². The molecule has 3 N–H and O–H groups in total. The third-order valence-corrected chi connectivity index (χ3v) is 9.87. The zero-order valence-corrected chi connectivity index (χ0v) is 33.0. The molecule has 0 aliphatic rings. The highest BCUT2D eigenvalue weighted by molar-refractivity contribution is 5.76. The molecule has 0 saturated heterocycles. The minimum Gasteiger partial charge on any atom is -0.394 e. The first kappa shape index (κ1) is 47.6. The maximum Gasteiger partial charge on any atom is 0.220 e. The number of nitrogens with one attached hydrogen (secondary N) is 1. The summed E-state index contributed by atoms with van der Waals surface area (Å²) in [6.45, 7) is 4.29. The van der Waals surface area contributed by atoms with Crippen LogP contribution in [0.3, 0.4) is 0 Å². The number of unbranched alkanes of at least 4 members (excludes halogenated alkanes) is 28. The first-order valence-electron chi connectivity index (χ1n) is 21.7. The molecule has 4 heteroatoms. The molecule has 49 heavy (non-hydrogen) atoms. The molecule has 0 spiro atoms. The third-order valence-electron chi connectivity index (χ3n) is 9.87. The fourth-order valence-corrected chi connectivity index (χ4v) is 6.50. The lowest BCUT2D eigenvalue weighted by Crippen LogP contribution is -2.45. The molecule has 0 aromatic heterocycles. The van der Waals surface area contributed by atoms with Crippen molar-refractivity contribution < 1.29 is 15.0 Å². The third kappa shape index (κ3) is 37.7. The smallest absolute Gasteiger partial charge is 0.220 e. The number of allylic oxidation sites excluding steroid dienone is 5. The van der Waals surface area contributed by atoms with Gasteiger partial charge in [-0.3, -0.25) is 4.79 Å². The molecule has 0 radical (unpaired) electrons. The molecule has 0 aromatic carbocycles. The van der Waals surface area contributed by atoms with Gasteiger partial charge >= 0.3 is 0 Å². The monoisotopic (exact) mass is 688 g/mol. The van der Waals surface area contributed by atoms with Gasteiger partial charge < -0.3 is 15.5 Å². The molecular weight excluding hydrogens is 602 g/mol. The topological polar surface area (TPSA) is 69.6 Å². The van der Waals surface area contributed by atoms with Crippen molar-refractivity contribution in [1.82, 2.24) is 5.32 Å². The number of hydrogen-bond donors (Lipinski definition) is 3. The molecule has 0 saturated carbocycles. The van der Waals surface area contributed by atoms with Crippen LogP contribution < -0.4 is 5.32 Å². The van der Waals surface area contributed by atoms with E-state index in [1.165, 1.54) is 173 Å². The quantitative estimate of drug-likeness (QED) is 0.0445. The largest absolute Gasteiger partial charge is 0.394 e. The molecule has 2 atom stereocenters. The van der Waals surface area contributed by atoms with Crippen LogP contribution in [0.2, 0.25) is 0 Å². The Balaban J connectivity index is 3.52. The van der Waals surface area contributed by atoms with Gasteiger partial charge in [0.05, 0.1) is 18.8 Å². The normalized spacial score (nSPS) is 13.3. The van der Waals surface area contributed by atoms with Gasteiger partial charge in [0, 0.05) is 6.42 Å². The summed E-state index contributed by atoms with van der Waals surface area (Å²) < 4.78 is 0. The molecule has 4 nitrogen and oxygen atoms in total. The number of rotatable bonds is 39. The van der Waals surface area contributed by atoms with Gasteiger partial charge in [-0.1, -0.05) is 204 Å².